The smallest absolute Gasteiger partial charge is 0.256 e. The monoisotopic (exact) mass is 414 g/mol. The number of aromatic hydroxyl groups is 1. The van der Waals surface area contributed by atoms with Gasteiger partial charge in [-0.15, -0.1) is 0 Å². The third kappa shape index (κ3) is 3.15. The molecule has 4 aromatic rings. The lowest BCUT2D eigenvalue weighted by Gasteiger charge is -2.07. The molecule has 5 rings (SSSR count). The molecule has 0 unspecified atom stereocenters. The maximum atomic E-state index is 12.6. The fourth-order valence-corrected chi connectivity index (χ4v) is 4.34. The van der Waals surface area contributed by atoms with Crippen LogP contribution in [0.2, 0.25) is 5.15 Å². The van der Waals surface area contributed by atoms with Crippen molar-refractivity contribution >= 4 is 45.7 Å². The van der Waals surface area contributed by atoms with E-state index < -0.39 is 0 Å². The van der Waals surface area contributed by atoms with E-state index in [1.165, 1.54) is 5.56 Å². The van der Waals surface area contributed by atoms with Crippen LogP contribution in [0.5, 0.6) is 5.75 Å². The maximum Gasteiger partial charge on any atom is 0.256 e. The number of carbonyl (C=O) groups is 1. The van der Waals surface area contributed by atoms with E-state index in [2.05, 4.69) is 22.0 Å². The van der Waals surface area contributed by atoms with Gasteiger partial charge in [0.05, 0.1) is 0 Å². The SMILES string of the molecule is O=C1Nc2ccc(O)cc2/C1=C\c1c(Cl)n(CCc2ccccc2)c2ccccc12. The molecular formula is C25H19ClN2O2. The van der Waals surface area contributed by atoms with E-state index >= 15 is 0 Å². The number of nitrogens with one attached hydrogen (secondary N) is 1. The summed E-state index contributed by atoms with van der Waals surface area (Å²) in [6.45, 7) is 0.732. The van der Waals surface area contributed by atoms with Gasteiger partial charge >= 0.3 is 0 Å². The highest BCUT2D eigenvalue weighted by atomic mass is 35.5. The van der Waals surface area contributed by atoms with Gasteiger partial charge in [0.1, 0.15) is 10.9 Å². The Morgan fingerprint density at radius 1 is 1.00 bits per heavy atom. The fraction of sp³-hybridized carbons (Fsp3) is 0.0800. The van der Waals surface area contributed by atoms with Crippen molar-refractivity contribution in [2.45, 2.75) is 13.0 Å². The number of rotatable bonds is 4. The van der Waals surface area contributed by atoms with Crippen LogP contribution in [-0.4, -0.2) is 15.6 Å². The Bertz CT molecular complexity index is 1310. The number of anilines is 1. The number of fused-ring (bicyclic) bond motifs is 2. The van der Waals surface area contributed by atoms with Gasteiger partial charge < -0.3 is 15.0 Å². The summed E-state index contributed by atoms with van der Waals surface area (Å²) in [5.74, 6) is -0.0830. The average Bonchev–Trinajstić information content (AvgIpc) is 3.21. The van der Waals surface area contributed by atoms with Crippen LogP contribution in [0.3, 0.4) is 0 Å². The molecule has 0 saturated carbocycles. The number of phenols is 1. The minimum Gasteiger partial charge on any atom is -0.508 e. The average molecular weight is 415 g/mol. The molecular weight excluding hydrogens is 396 g/mol. The Balaban J connectivity index is 1.61. The molecule has 0 spiro atoms. The molecule has 148 valence electrons. The number of phenolic OH excluding ortho intramolecular Hbond substituents is 1. The predicted molar refractivity (Wildman–Crippen MR) is 122 cm³/mol. The van der Waals surface area contributed by atoms with E-state index in [1.807, 2.05) is 48.5 Å². The number of carbonyl (C=O) groups excluding carboxylic acids is 1. The number of aromatic nitrogens is 1. The molecule has 1 aliphatic rings. The lowest BCUT2D eigenvalue weighted by molar-refractivity contribution is -0.110. The molecule has 1 aliphatic heterocycles. The number of halogens is 1. The highest BCUT2D eigenvalue weighted by molar-refractivity contribution is 6.38. The summed E-state index contributed by atoms with van der Waals surface area (Å²) < 4.78 is 2.09. The number of para-hydroxylation sites is 1. The molecule has 30 heavy (non-hydrogen) atoms. The number of aryl methyl sites for hydroxylation is 2. The van der Waals surface area contributed by atoms with Gasteiger partial charge in [0.2, 0.25) is 0 Å². The highest BCUT2D eigenvalue weighted by Crippen LogP contribution is 2.39. The summed E-state index contributed by atoms with van der Waals surface area (Å²) >= 11 is 6.84. The van der Waals surface area contributed by atoms with Gasteiger partial charge in [-0.1, -0.05) is 60.1 Å². The van der Waals surface area contributed by atoms with E-state index in [4.69, 9.17) is 11.6 Å². The maximum absolute atomic E-state index is 12.6. The van der Waals surface area contributed by atoms with Crippen LogP contribution in [0.25, 0.3) is 22.6 Å². The molecule has 2 N–H and O–H groups in total. The van der Waals surface area contributed by atoms with Gasteiger partial charge in [0.15, 0.2) is 0 Å². The van der Waals surface area contributed by atoms with Crippen LogP contribution >= 0.6 is 11.6 Å². The van der Waals surface area contributed by atoms with Gasteiger partial charge in [-0.2, -0.15) is 0 Å². The second-order valence-electron chi connectivity index (χ2n) is 7.35. The molecule has 1 amide bonds. The van der Waals surface area contributed by atoms with Gasteiger partial charge in [-0.25, -0.2) is 0 Å². The Kier molecular flexibility index (Phi) is 4.57. The summed E-state index contributed by atoms with van der Waals surface area (Å²) in [6, 6.07) is 23.2. The van der Waals surface area contributed by atoms with Gasteiger partial charge in [-0.05, 0) is 42.3 Å². The molecule has 1 aromatic heterocycles. The summed E-state index contributed by atoms with van der Waals surface area (Å²) in [5.41, 5.74) is 4.94. The van der Waals surface area contributed by atoms with E-state index in [9.17, 15) is 9.90 Å². The van der Waals surface area contributed by atoms with Gasteiger partial charge in [0.25, 0.3) is 5.91 Å². The quantitative estimate of drug-likeness (QED) is 0.330. The zero-order valence-electron chi connectivity index (χ0n) is 16.1. The Hall–Kier alpha value is -3.50. The van der Waals surface area contributed by atoms with Crippen molar-refractivity contribution in [3.63, 3.8) is 0 Å². The van der Waals surface area contributed by atoms with E-state index in [0.29, 0.717) is 22.0 Å². The number of hydrogen-bond acceptors (Lipinski definition) is 2. The van der Waals surface area contributed by atoms with Crippen LogP contribution in [0.15, 0.2) is 72.8 Å². The fourth-order valence-electron chi connectivity index (χ4n) is 4.00. The topological polar surface area (TPSA) is 54.3 Å². The first kappa shape index (κ1) is 18.5. The molecule has 0 saturated heterocycles. The number of hydrogen-bond donors (Lipinski definition) is 2. The second kappa shape index (κ2) is 7.39. The standard InChI is InChI=1S/C25H19ClN2O2/c26-24-20(15-21-19-14-17(29)10-11-22(19)27-25(21)30)18-8-4-5-9-23(18)28(24)13-12-16-6-2-1-3-7-16/h1-11,14-15,29H,12-13H2,(H,27,30)/b21-15+. The summed E-state index contributed by atoms with van der Waals surface area (Å²) in [4.78, 5) is 12.6. The third-order valence-corrected chi connectivity index (χ3v) is 5.89. The molecule has 0 bridgehead atoms. The lowest BCUT2D eigenvalue weighted by atomic mass is 10.0. The van der Waals surface area contributed by atoms with E-state index in [1.54, 1.807) is 18.2 Å². The first-order valence-corrected chi connectivity index (χ1v) is 10.2. The summed E-state index contributed by atoms with van der Waals surface area (Å²) in [6.07, 6.45) is 2.68. The van der Waals surface area contributed by atoms with Crippen LogP contribution in [0.4, 0.5) is 5.69 Å². The first-order chi connectivity index (χ1) is 14.6. The normalized spacial score (nSPS) is 14.3. The number of amides is 1. The van der Waals surface area contributed by atoms with Crippen molar-refractivity contribution in [1.29, 1.82) is 0 Å². The second-order valence-corrected chi connectivity index (χ2v) is 7.71. The van der Waals surface area contributed by atoms with Crippen molar-refractivity contribution in [3.8, 4) is 5.75 Å². The Morgan fingerprint density at radius 3 is 2.60 bits per heavy atom. The molecule has 2 heterocycles. The first-order valence-electron chi connectivity index (χ1n) is 9.79. The minimum atomic E-state index is -0.201. The van der Waals surface area contributed by atoms with Crippen molar-refractivity contribution in [3.05, 3.63) is 94.6 Å². The van der Waals surface area contributed by atoms with Gasteiger partial charge in [0, 0.05) is 39.8 Å². The zero-order chi connectivity index (χ0) is 20.7. The molecule has 4 nitrogen and oxygen atoms in total. The molecule has 3 aromatic carbocycles. The van der Waals surface area contributed by atoms with E-state index in [0.717, 1.165) is 29.4 Å². The molecule has 0 aliphatic carbocycles. The predicted octanol–water partition coefficient (Wildman–Crippen LogP) is 5.74. The van der Waals surface area contributed by atoms with Crippen molar-refractivity contribution in [2.24, 2.45) is 0 Å². The third-order valence-electron chi connectivity index (χ3n) is 5.49. The van der Waals surface area contributed by atoms with Gasteiger partial charge in [-0.3, -0.25) is 4.79 Å². The largest absolute Gasteiger partial charge is 0.508 e. The Morgan fingerprint density at radius 2 is 1.77 bits per heavy atom. The van der Waals surface area contributed by atoms with Crippen molar-refractivity contribution < 1.29 is 9.90 Å². The zero-order valence-corrected chi connectivity index (χ0v) is 16.9. The van der Waals surface area contributed by atoms with Crippen LogP contribution in [-0.2, 0) is 17.8 Å². The van der Waals surface area contributed by atoms with Crippen LogP contribution in [0.1, 0.15) is 16.7 Å². The Labute approximate surface area is 179 Å². The van der Waals surface area contributed by atoms with Crippen LogP contribution in [0, 0.1) is 0 Å². The number of benzene rings is 3. The lowest BCUT2D eigenvalue weighted by Crippen LogP contribution is -2.03. The molecule has 0 atom stereocenters. The summed E-state index contributed by atoms with van der Waals surface area (Å²) in [5, 5.41) is 14.3. The van der Waals surface area contributed by atoms with Crippen LogP contribution < -0.4 is 5.32 Å². The highest BCUT2D eigenvalue weighted by Gasteiger charge is 2.26. The molecule has 0 fully saturated rings. The molecule has 0 radical (unpaired) electrons. The molecule has 5 heteroatoms. The van der Waals surface area contributed by atoms with E-state index in [-0.39, 0.29) is 11.7 Å². The van der Waals surface area contributed by atoms with Crippen molar-refractivity contribution in [2.75, 3.05) is 5.32 Å². The summed E-state index contributed by atoms with van der Waals surface area (Å²) in [7, 11) is 0. The minimum absolute atomic E-state index is 0.118. The van der Waals surface area contributed by atoms with Crippen molar-refractivity contribution in [1.82, 2.24) is 4.57 Å². The number of nitrogens with zero attached hydrogens (tertiary/aromatic N) is 1.